The molecule has 1 aromatic carbocycles. The molecule has 0 bridgehead atoms. The third kappa shape index (κ3) is 2.78. The van der Waals surface area contributed by atoms with Gasteiger partial charge in [0, 0.05) is 30.1 Å². The van der Waals surface area contributed by atoms with Gasteiger partial charge in [-0.15, -0.1) is 0 Å². The van der Waals surface area contributed by atoms with Crippen molar-refractivity contribution in [1.82, 2.24) is 5.32 Å². The van der Waals surface area contributed by atoms with Crippen LogP contribution in [0.2, 0.25) is 0 Å². The summed E-state index contributed by atoms with van der Waals surface area (Å²) < 4.78 is 11.4. The van der Waals surface area contributed by atoms with Crippen molar-refractivity contribution >= 4 is 11.6 Å². The molecule has 1 spiro atoms. The highest BCUT2D eigenvalue weighted by Crippen LogP contribution is 2.35. The standard InChI is InChI=1S/C15H20N2O3/c16-12-3-1-11(2-4-12)14(18)17-13-5-7-15(8-6-13)19-9-10-20-15/h1-4,13H,5-10,16H2,(H,17,18). The number of nitrogen functional groups attached to an aromatic ring is 1. The maximum atomic E-state index is 12.1. The van der Waals surface area contributed by atoms with Gasteiger partial charge < -0.3 is 20.5 Å². The van der Waals surface area contributed by atoms with Gasteiger partial charge in [0.1, 0.15) is 0 Å². The Balaban J connectivity index is 1.54. The first kappa shape index (κ1) is 13.4. The Morgan fingerprint density at radius 1 is 1.15 bits per heavy atom. The summed E-state index contributed by atoms with van der Waals surface area (Å²) in [7, 11) is 0. The number of benzene rings is 1. The molecule has 0 atom stereocenters. The van der Waals surface area contributed by atoms with Crippen LogP contribution in [-0.4, -0.2) is 30.9 Å². The Labute approximate surface area is 118 Å². The lowest BCUT2D eigenvalue weighted by molar-refractivity contribution is -0.179. The molecule has 2 fully saturated rings. The highest BCUT2D eigenvalue weighted by atomic mass is 16.7. The predicted molar refractivity (Wildman–Crippen MR) is 75.2 cm³/mol. The molecule has 20 heavy (non-hydrogen) atoms. The number of carbonyl (C=O) groups is 1. The number of ether oxygens (including phenoxy) is 2. The molecule has 0 radical (unpaired) electrons. The number of carbonyl (C=O) groups excluding carboxylic acids is 1. The fourth-order valence-corrected chi connectivity index (χ4v) is 2.89. The maximum Gasteiger partial charge on any atom is 0.251 e. The lowest BCUT2D eigenvalue weighted by Crippen LogP contribution is -2.44. The minimum atomic E-state index is -0.373. The minimum absolute atomic E-state index is 0.0424. The van der Waals surface area contributed by atoms with Crippen molar-refractivity contribution in [2.45, 2.75) is 37.5 Å². The number of amides is 1. The number of hydrogen-bond donors (Lipinski definition) is 2. The molecule has 5 nitrogen and oxygen atoms in total. The highest BCUT2D eigenvalue weighted by molar-refractivity contribution is 5.94. The lowest BCUT2D eigenvalue weighted by Gasteiger charge is -2.35. The van der Waals surface area contributed by atoms with Gasteiger partial charge >= 0.3 is 0 Å². The van der Waals surface area contributed by atoms with E-state index in [1.807, 2.05) is 0 Å². The van der Waals surface area contributed by atoms with Crippen LogP contribution in [0.1, 0.15) is 36.0 Å². The average molecular weight is 276 g/mol. The van der Waals surface area contributed by atoms with E-state index in [2.05, 4.69) is 5.32 Å². The quantitative estimate of drug-likeness (QED) is 0.806. The Morgan fingerprint density at radius 2 is 1.75 bits per heavy atom. The summed E-state index contributed by atoms with van der Waals surface area (Å²) in [5.41, 5.74) is 6.93. The Kier molecular flexibility index (Phi) is 3.63. The van der Waals surface area contributed by atoms with Crippen molar-refractivity contribution < 1.29 is 14.3 Å². The maximum absolute atomic E-state index is 12.1. The summed E-state index contributed by atoms with van der Waals surface area (Å²) in [6.45, 7) is 1.37. The van der Waals surface area contributed by atoms with Gasteiger partial charge in [-0.25, -0.2) is 0 Å². The third-order valence-electron chi connectivity index (χ3n) is 4.07. The predicted octanol–water partition coefficient (Wildman–Crippen LogP) is 1.68. The zero-order chi connectivity index (χ0) is 14.0. The molecule has 3 rings (SSSR count). The summed E-state index contributed by atoms with van der Waals surface area (Å²) in [6.07, 6.45) is 3.47. The van der Waals surface area contributed by atoms with Crippen LogP contribution >= 0.6 is 0 Å². The van der Waals surface area contributed by atoms with Gasteiger partial charge in [0.2, 0.25) is 0 Å². The lowest BCUT2D eigenvalue weighted by atomic mass is 9.90. The van der Waals surface area contributed by atoms with Gasteiger partial charge in [-0.3, -0.25) is 4.79 Å². The third-order valence-corrected chi connectivity index (χ3v) is 4.07. The van der Waals surface area contributed by atoms with E-state index < -0.39 is 0 Å². The molecule has 108 valence electrons. The van der Waals surface area contributed by atoms with Crippen molar-refractivity contribution in [1.29, 1.82) is 0 Å². The van der Waals surface area contributed by atoms with Gasteiger partial charge in [0.25, 0.3) is 5.91 Å². The zero-order valence-electron chi connectivity index (χ0n) is 11.4. The van der Waals surface area contributed by atoms with Gasteiger partial charge in [-0.1, -0.05) is 0 Å². The molecule has 2 aliphatic rings. The zero-order valence-corrected chi connectivity index (χ0v) is 11.4. The topological polar surface area (TPSA) is 73.6 Å². The number of nitrogens with two attached hydrogens (primary N) is 1. The van der Waals surface area contributed by atoms with Crippen LogP contribution in [0.15, 0.2) is 24.3 Å². The second kappa shape index (κ2) is 5.42. The Hall–Kier alpha value is -1.59. The molecule has 3 N–H and O–H groups in total. The monoisotopic (exact) mass is 276 g/mol. The van der Waals surface area contributed by atoms with Crippen LogP contribution in [-0.2, 0) is 9.47 Å². The summed E-state index contributed by atoms with van der Waals surface area (Å²) >= 11 is 0. The van der Waals surface area contributed by atoms with Gasteiger partial charge in [0.15, 0.2) is 5.79 Å². The number of anilines is 1. The summed E-state index contributed by atoms with van der Waals surface area (Å²) in [5.74, 6) is -0.415. The number of hydrogen-bond acceptors (Lipinski definition) is 4. The SMILES string of the molecule is Nc1ccc(C(=O)NC2CCC3(CC2)OCCO3)cc1. The fourth-order valence-electron chi connectivity index (χ4n) is 2.89. The molecular weight excluding hydrogens is 256 g/mol. The number of nitrogens with one attached hydrogen (secondary N) is 1. The summed E-state index contributed by atoms with van der Waals surface area (Å²) in [5, 5.41) is 3.07. The van der Waals surface area contributed by atoms with E-state index in [4.69, 9.17) is 15.2 Å². The molecule has 1 aliphatic carbocycles. The van der Waals surface area contributed by atoms with Crippen LogP contribution in [0.4, 0.5) is 5.69 Å². The minimum Gasteiger partial charge on any atom is -0.399 e. The van der Waals surface area contributed by atoms with E-state index in [-0.39, 0.29) is 17.7 Å². The smallest absolute Gasteiger partial charge is 0.251 e. The van der Waals surface area contributed by atoms with Crippen molar-refractivity contribution in [3.63, 3.8) is 0 Å². The van der Waals surface area contributed by atoms with Crippen molar-refractivity contribution in [2.24, 2.45) is 0 Å². The van der Waals surface area contributed by atoms with E-state index in [9.17, 15) is 4.79 Å². The van der Waals surface area contributed by atoms with E-state index in [1.54, 1.807) is 24.3 Å². The summed E-state index contributed by atoms with van der Waals surface area (Å²) in [6, 6.07) is 7.17. The Bertz CT molecular complexity index is 470. The fraction of sp³-hybridized carbons (Fsp3) is 0.533. The van der Waals surface area contributed by atoms with Crippen molar-refractivity contribution in [3.8, 4) is 0 Å². The first-order valence-electron chi connectivity index (χ1n) is 7.11. The largest absolute Gasteiger partial charge is 0.399 e. The second-order valence-corrected chi connectivity index (χ2v) is 5.48. The van der Waals surface area contributed by atoms with Crippen LogP contribution < -0.4 is 11.1 Å². The highest BCUT2D eigenvalue weighted by Gasteiger charge is 2.40. The second-order valence-electron chi connectivity index (χ2n) is 5.48. The van der Waals surface area contributed by atoms with Crippen LogP contribution in [0.3, 0.4) is 0 Å². The molecule has 5 heteroatoms. The van der Waals surface area contributed by atoms with Crippen LogP contribution in [0.25, 0.3) is 0 Å². The Morgan fingerprint density at radius 3 is 2.35 bits per heavy atom. The van der Waals surface area contributed by atoms with Crippen molar-refractivity contribution in [3.05, 3.63) is 29.8 Å². The number of rotatable bonds is 2. The van der Waals surface area contributed by atoms with Gasteiger partial charge in [-0.05, 0) is 37.1 Å². The molecular formula is C15H20N2O3. The summed E-state index contributed by atoms with van der Waals surface area (Å²) in [4.78, 5) is 12.1. The van der Waals surface area contributed by atoms with E-state index in [0.29, 0.717) is 24.5 Å². The average Bonchev–Trinajstić information content (AvgIpc) is 2.91. The van der Waals surface area contributed by atoms with E-state index in [0.717, 1.165) is 25.7 Å². The molecule has 1 saturated heterocycles. The van der Waals surface area contributed by atoms with Gasteiger partial charge in [0.05, 0.1) is 13.2 Å². The first-order chi connectivity index (χ1) is 9.67. The normalized spacial score (nSPS) is 22.0. The van der Waals surface area contributed by atoms with Gasteiger partial charge in [-0.2, -0.15) is 0 Å². The first-order valence-corrected chi connectivity index (χ1v) is 7.11. The molecule has 1 amide bonds. The molecule has 1 aromatic rings. The molecule has 0 aromatic heterocycles. The van der Waals surface area contributed by atoms with Crippen LogP contribution in [0.5, 0.6) is 0 Å². The molecule has 1 heterocycles. The molecule has 1 aliphatic heterocycles. The molecule has 1 saturated carbocycles. The van der Waals surface area contributed by atoms with E-state index in [1.165, 1.54) is 0 Å². The van der Waals surface area contributed by atoms with E-state index >= 15 is 0 Å². The van der Waals surface area contributed by atoms with Crippen LogP contribution in [0, 0.1) is 0 Å². The molecule has 0 unspecified atom stereocenters. The van der Waals surface area contributed by atoms with Crippen molar-refractivity contribution in [2.75, 3.05) is 18.9 Å².